The maximum absolute atomic E-state index is 14.4. The molecule has 11 amide bonds. The van der Waals surface area contributed by atoms with E-state index in [4.69, 9.17) is 28.7 Å². The molecule has 0 saturated carbocycles. The second-order valence-corrected chi connectivity index (χ2v) is 20.5. The van der Waals surface area contributed by atoms with Crippen LogP contribution in [0.1, 0.15) is 117 Å². The summed E-state index contributed by atoms with van der Waals surface area (Å²) in [5.41, 5.74) is 29.8. The molecule has 1 aliphatic rings. The smallest absolute Gasteiger partial charge is 0.245 e. The number of rotatable bonds is 28. The summed E-state index contributed by atoms with van der Waals surface area (Å²) in [5.74, 6) is -9.28. The fraction of sp³-hybridized carbons (Fsp3) is 0.679. The number of aliphatic hydroxyl groups excluding tert-OH is 1. The van der Waals surface area contributed by atoms with Crippen LogP contribution in [-0.4, -0.2) is 176 Å². The average Bonchev–Trinajstić information content (AvgIpc) is 3.42. The minimum absolute atomic E-state index is 0.0485. The van der Waals surface area contributed by atoms with Gasteiger partial charge in [-0.25, -0.2) is 0 Å². The van der Waals surface area contributed by atoms with Crippen molar-refractivity contribution in [3.05, 3.63) is 35.9 Å². The van der Waals surface area contributed by atoms with Crippen molar-refractivity contribution in [1.82, 2.24) is 58.5 Å². The minimum atomic E-state index is -1.66. The zero-order valence-corrected chi connectivity index (χ0v) is 47.4. The molecule has 456 valence electrons. The first-order chi connectivity index (χ1) is 38.6. The molecule has 0 aliphatic carbocycles. The van der Waals surface area contributed by atoms with Crippen molar-refractivity contribution in [3.63, 3.8) is 0 Å². The molecule has 0 bridgehead atoms. The Labute approximate surface area is 474 Å². The molecule has 28 heteroatoms. The number of hydrogen-bond acceptors (Lipinski definition) is 17. The van der Waals surface area contributed by atoms with E-state index in [9.17, 15) is 57.8 Å². The zero-order chi connectivity index (χ0) is 60.4. The first-order valence-corrected chi connectivity index (χ1v) is 28.1. The molecule has 1 aliphatic heterocycles. The first kappa shape index (κ1) is 70.3. The quantitative estimate of drug-likeness (QED) is 0.0349. The Morgan fingerprint density at radius 2 is 1.06 bits per heavy atom. The van der Waals surface area contributed by atoms with Gasteiger partial charge >= 0.3 is 0 Å². The van der Waals surface area contributed by atoms with Gasteiger partial charge < -0.3 is 92.3 Å². The predicted octanol–water partition coefficient (Wildman–Crippen LogP) is -5.24. The summed E-state index contributed by atoms with van der Waals surface area (Å²) in [5, 5.41) is 38.9. The molecule has 0 aromatic heterocycles. The van der Waals surface area contributed by atoms with Gasteiger partial charge in [-0.2, -0.15) is 0 Å². The molecule has 22 N–H and O–H groups in total. The summed E-state index contributed by atoms with van der Waals surface area (Å²) in [6.45, 7) is 5.29. The average molecular weight is 1150 g/mol. The van der Waals surface area contributed by atoms with E-state index in [1.165, 1.54) is 6.92 Å². The summed E-state index contributed by atoms with van der Waals surface area (Å²) < 4.78 is 0. The summed E-state index contributed by atoms with van der Waals surface area (Å²) in [6.07, 6.45) is 2.15. The van der Waals surface area contributed by atoms with Crippen LogP contribution in [0.3, 0.4) is 0 Å². The molecule has 28 nitrogen and oxygen atoms in total. The highest BCUT2D eigenvalue weighted by molar-refractivity contribution is 5.99. The second-order valence-electron chi connectivity index (χ2n) is 20.5. The highest BCUT2D eigenvalue weighted by atomic mass is 16.3. The van der Waals surface area contributed by atoms with Crippen molar-refractivity contribution in [2.24, 2.45) is 34.6 Å². The van der Waals surface area contributed by atoms with Crippen LogP contribution in [0, 0.1) is 5.92 Å². The lowest BCUT2D eigenvalue weighted by atomic mass is 10.00. The Hall–Kier alpha value is -6.85. The van der Waals surface area contributed by atoms with Gasteiger partial charge in [0.1, 0.15) is 54.4 Å². The van der Waals surface area contributed by atoms with Gasteiger partial charge in [-0.1, -0.05) is 76.8 Å². The molecule has 0 radical (unpaired) electrons. The van der Waals surface area contributed by atoms with Crippen LogP contribution in [0.15, 0.2) is 30.3 Å². The summed E-state index contributed by atoms with van der Waals surface area (Å²) in [7, 11) is 0. The van der Waals surface area contributed by atoms with E-state index >= 15 is 0 Å². The number of nitrogens with one attached hydrogen (secondary N) is 11. The third-order valence-electron chi connectivity index (χ3n) is 13.1. The standard InChI is InChI=1S/C53H92N16O12/c1-5-6-7-8-12-15-42(71)61-34(16-22-54)45(73)60-30-43(72)62-35(17-23-55)46(74)66-39-21-27-59-53(81)44(32(4)70)69-50(78)38(20-26-58)64-47(75)36(18-24-56)65-51(79)40(28-31(2)3)67-52(80)41(29-33-13-10-9-11-14-33)68-48(76)37(19-25-57)63-49(39)77/h9-11,13-14,31-32,34-41,44,70H,5-8,12,15-30,54-58H2,1-4H3,(H,59,81)(H,60,73)(H,61,71)(H,62,72)(H,63,77)(H,64,75)(H,65,79)(H,66,74)(H,67,80)(H,68,76)(H,69,78)/t32-,34+,35+,36+,37+,38+,39+,40+,41-,44+/m1/s1. The van der Waals surface area contributed by atoms with Crippen LogP contribution >= 0.6 is 0 Å². The summed E-state index contributed by atoms with van der Waals surface area (Å²) in [6, 6.07) is -4.01. The van der Waals surface area contributed by atoms with E-state index in [1.54, 1.807) is 44.2 Å². The minimum Gasteiger partial charge on any atom is -0.391 e. The van der Waals surface area contributed by atoms with Crippen molar-refractivity contribution in [1.29, 1.82) is 0 Å². The Morgan fingerprint density at radius 3 is 1.59 bits per heavy atom. The third kappa shape index (κ3) is 26.5. The van der Waals surface area contributed by atoms with E-state index in [1.807, 2.05) is 0 Å². The Kier molecular flexibility index (Phi) is 33.6. The van der Waals surface area contributed by atoms with Crippen LogP contribution in [0.25, 0.3) is 0 Å². The maximum atomic E-state index is 14.4. The number of carbonyl (C=O) groups is 11. The Morgan fingerprint density at radius 1 is 0.580 bits per heavy atom. The van der Waals surface area contributed by atoms with Gasteiger partial charge in [-0.15, -0.1) is 0 Å². The summed E-state index contributed by atoms with van der Waals surface area (Å²) in [4.78, 5) is 152. The van der Waals surface area contributed by atoms with Crippen LogP contribution < -0.4 is 87.2 Å². The number of unbranched alkanes of at least 4 members (excludes halogenated alkanes) is 4. The van der Waals surface area contributed by atoms with Gasteiger partial charge in [0.2, 0.25) is 65.0 Å². The first-order valence-electron chi connectivity index (χ1n) is 28.1. The fourth-order valence-corrected chi connectivity index (χ4v) is 8.64. The van der Waals surface area contributed by atoms with Crippen LogP contribution in [0.5, 0.6) is 0 Å². The van der Waals surface area contributed by atoms with Crippen LogP contribution in [0.4, 0.5) is 0 Å². The number of aliphatic hydroxyl groups is 1. The second kappa shape index (κ2) is 38.7. The number of amides is 11. The van der Waals surface area contributed by atoms with Crippen molar-refractivity contribution in [2.45, 2.75) is 178 Å². The summed E-state index contributed by atoms with van der Waals surface area (Å²) >= 11 is 0. The van der Waals surface area contributed by atoms with Gasteiger partial charge in [0, 0.05) is 19.4 Å². The van der Waals surface area contributed by atoms with Crippen molar-refractivity contribution >= 4 is 65.0 Å². The highest BCUT2D eigenvalue weighted by Gasteiger charge is 2.36. The van der Waals surface area contributed by atoms with E-state index in [-0.39, 0.29) is 95.9 Å². The normalized spacial score (nSPS) is 22.2. The topological polar surface area (TPSA) is 470 Å². The maximum Gasteiger partial charge on any atom is 0.245 e. The van der Waals surface area contributed by atoms with Gasteiger partial charge in [-0.05, 0) is 102 Å². The zero-order valence-electron chi connectivity index (χ0n) is 47.4. The third-order valence-corrected chi connectivity index (χ3v) is 13.1. The molecule has 2 rings (SSSR count). The monoisotopic (exact) mass is 1140 g/mol. The molecule has 1 fully saturated rings. The van der Waals surface area contributed by atoms with E-state index in [0.29, 0.717) is 12.0 Å². The number of carbonyl (C=O) groups excluding carboxylic acids is 11. The van der Waals surface area contributed by atoms with Crippen molar-refractivity contribution in [3.8, 4) is 0 Å². The molecule has 1 heterocycles. The SMILES string of the molecule is CCCCCCCC(=O)N[C@@H](CCN)C(=O)NCC(=O)N[C@@H](CCN)C(=O)N[C@H]1CCNC(=O)[C@H]([C@@H](C)O)NC(=O)[C@H](CCN)NC(=O)[C@H](CCN)NC(=O)[C@H](CC(C)C)NC(=O)[C@@H](Cc2ccccc2)NC(=O)[C@H](CCN)NC1=O. The largest absolute Gasteiger partial charge is 0.391 e. The number of benzene rings is 1. The van der Waals surface area contributed by atoms with Gasteiger partial charge in [-0.3, -0.25) is 52.7 Å². The van der Waals surface area contributed by atoms with Crippen LogP contribution in [-0.2, 0) is 59.2 Å². The van der Waals surface area contributed by atoms with Gasteiger partial charge in [0.05, 0.1) is 12.6 Å². The predicted molar refractivity (Wildman–Crippen MR) is 301 cm³/mol. The number of hydrogen-bond donors (Lipinski definition) is 17. The lowest BCUT2D eigenvalue weighted by molar-refractivity contribution is -0.136. The lowest BCUT2D eigenvalue weighted by Gasteiger charge is -2.28. The molecule has 0 spiro atoms. The van der Waals surface area contributed by atoms with E-state index in [0.717, 1.165) is 25.7 Å². The molecule has 81 heavy (non-hydrogen) atoms. The fourth-order valence-electron chi connectivity index (χ4n) is 8.64. The molecule has 0 unspecified atom stereocenters. The molecule has 1 aromatic carbocycles. The van der Waals surface area contributed by atoms with Crippen LogP contribution in [0.2, 0.25) is 0 Å². The molecule has 10 atom stereocenters. The van der Waals surface area contributed by atoms with E-state index in [2.05, 4.69) is 65.4 Å². The Balaban J connectivity index is 2.60. The molecule has 1 saturated heterocycles. The van der Waals surface area contributed by atoms with Gasteiger partial charge in [0.15, 0.2) is 0 Å². The Bertz CT molecular complexity index is 2190. The molecular formula is C53H92N16O12. The van der Waals surface area contributed by atoms with Crippen molar-refractivity contribution < 1.29 is 57.8 Å². The van der Waals surface area contributed by atoms with Crippen molar-refractivity contribution in [2.75, 3.05) is 45.8 Å². The highest BCUT2D eigenvalue weighted by Crippen LogP contribution is 2.11. The number of nitrogens with two attached hydrogens (primary N) is 5. The van der Waals surface area contributed by atoms with E-state index < -0.39 is 139 Å². The molecular weight excluding hydrogens is 1050 g/mol. The van der Waals surface area contributed by atoms with Gasteiger partial charge in [0.25, 0.3) is 0 Å². The lowest BCUT2D eigenvalue weighted by Crippen LogP contribution is -2.61. The molecule has 1 aromatic rings.